The third kappa shape index (κ3) is 4.80. The van der Waals surface area contributed by atoms with Crippen molar-refractivity contribution in [1.82, 2.24) is 20.1 Å². The van der Waals surface area contributed by atoms with E-state index in [4.69, 9.17) is 9.47 Å². The number of carbonyl (C=O) groups excluding carboxylic acids is 2. The molecule has 3 amide bonds. The van der Waals surface area contributed by atoms with Gasteiger partial charge >= 0.3 is 12.0 Å². The molecule has 4 atom stereocenters. The van der Waals surface area contributed by atoms with E-state index in [1.165, 1.54) is 4.90 Å². The summed E-state index contributed by atoms with van der Waals surface area (Å²) in [7, 11) is 3.33. The van der Waals surface area contributed by atoms with Crippen molar-refractivity contribution in [2.75, 3.05) is 27.2 Å². The van der Waals surface area contributed by atoms with Crippen LogP contribution in [0.25, 0.3) is 10.8 Å². The number of benzene rings is 1. The summed E-state index contributed by atoms with van der Waals surface area (Å²) in [6.45, 7) is 0.761. The molecule has 3 heterocycles. The summed E-state index contributed by atoms with van der Waals surface area (Å²) in [5.41, 5.74) is -1.33. The van der Waals surface area contributed by atoms with Gasteiger partial charge in [0.05, 0.1) is 13.7 Å². The Morgan fingerprint density at radius 1 is 1.24 bits per heavy atom. The summed E-state index contributed by atoms with van der Waals surface area (Å²) in [5, 5.41) is 14.4. The minimum absolute atomic E-state index is 0.193. The Labute approximate surface area is 215 Å². The molecule has 10 heteroatoms. The number of carboxylic acids is 1. The Bertz CT molecular complexity index is 1250. The molecule has 10 nitrogen and oxygen atoms in total. The van der Waals surface area contributed by atoms with Gasteiger partial charge in [0.1, 0.15) is 23.4 Å². The lowest BCUT2D eigenvalue weighted by Crippen LogP contribution is -2.54. The van der Waals surface area contributed by atoms with E-state index in [9.17, 15) is 19.5 Å². The van der Waals surface area contributed by atoms with Crippen LogP contribution < -0.4 is 14.8 Å². The molecule has 0 radical (unpaired) electrons. The van der Waals surface area contributed by atoms with Gasteiger partial charge in [-0.15, -0.1) is 0 Å². The van der Waals surface area contributed by atoms with E-state index < -0.39 is 29.6 Å². The topological polar surface area (TPSA) is 121 Å². The zero-order chi connectivity index (χ0) is 26.2. The summed E-state index contributed by atoms with van der Waals surface area (Å²) < 4.78 is 11.6. The fourth-order valence-electron chi connectivity index (χ4n) is 5.30. The molecule has 1 aliphatic carbocycles. The lowest BCUT2D eigenvalue weighted by Gasteiger charge is -2.29. The number of nitrogens with one attached hydrogen (secondary N) is 1. The number of hydrogen-bond acceptors (Lipinski definition) is 6. The Kier molecular flexibility index (Phi) is 6.66. The van der Waals surface area contributed by atoms with Gasteiger partial charge in [-0.2, -0.15) is 0 Å². The average Bonchev–Trinajstić information content (AvgIpc) is 3.43. The molecule has 5 rings (SSSR count). The van der Waals surface area contributed by atoms with Crippen molar-refractivity contribution in [1.29, 1.82) is 0 Å². The number of methoxy groups -OCH3 is 1. The average molecular weight is 509 g/mol. The number of fused-ring (bicyclic) bond motifs is 3. The quantitative estimate of drug-likeness (QED) is 0.609. The zero-order valence-corrected chi connectivity index (χ0v) is 21.1. The van der Waals surface area contributed by atoms with Crippen LogP contribution in [0.15, 0.2) is 42.6 Å². The van der Waals surface area contributed by atoms with Gasteiger partial charge in [0.2, 0.25) is 11.8 Å². The van der Waals surface area contributed by atoms with Gasteiger partial charge in [-0.1, -0.05) is 12.2 Å². The van der Waals surface area contributed by atoms with Gasteiger partial charge in [-0.25, -0.2) is 14.6 Å². The number of allylic oxidation sites excluding steroid dienone is 1. The molecule has 1 saturated heterocycles. The maximum absolute atomic E-state index is 13.4. The molecule has 0 spiro atoms. The van der Waals surface area contributed by atoms with Crippen molar-refractivity contribution in [3.63, 3.8) is 0 Å². The van der Waals surface area contributed by atoms with Gasteiger partial charge in [-0.3, -0.25) is 4.79 Å². The van der Waals surface area contributed by atoms with Crippen molar-refractivity contribution >= 4 is 28.7 Å². The van der Waals surface area contributed by atoms with Crippen LogP contribution in [0.1, 0.15) is 32.1 Å². The molecule has 3 aliphatic rings. The molecule has 1 aromatic heterocycles. The molecule has 2 N–H and O–H groups in total. The number of amides is 3. The van der Waals surface area contributed by atoms with E-state index in [1.807, 2.05) is 36.4 Å². The minimum atomic E-state index is -1.33. The second kappa shape index (κ2) is 9.91. The van der Waals surface area contributed by atoms with Crippen LogP contribution in [0.3, 0.4) is 0 Å². The summed E-state index contributed by atoms with van der Waals surface area (Å²) in [6.07, 6.45) is 8.11. The number of urea groups is 1. The molecule has 2 aliphatic heterocycles. The normalized spacial score (nSPS) is 29.1. The van der Waals surface area contributed by atoms with Crippen LogP contribution in [0.5, 0.6) is 11.6 Å². The predicted molar refractivity (Wildman–Crippen MR) is 135 cm³/mol. The van der Waals surface area contributed by atoms with E-state index >= 15 is 0 Å². The predicted octanol–water partition coefficient (Wildman–Crippen LogP) is 2.82. The summed E-state index contributed by atoms with van der Waals surface area (Å²) in [4.78, 5) is 46.5. The van der Waals surface area contributed by atoms with E-state index in [-0.39, 0.29) is 24.9 Å². The number of ether oxygens (including phenoxy) is 2. The van der Waals surface area contributed by atoms with Crippen LogP contribution in [0.4, 0.5) is 4.79 Å². The van der Waals surface area contributed by atoms with Crippen molar-refractivity contribution in [3.05, 3.63) is 42.6 Å². The first-order valence-corrected chi connectivity index (χ1v) is 12.7. The monoisotopic (exact) mass is 508 g/mol. The van der Waals surface area contributed by atoms with E-state index in [0.717, 1.165) is 30.0 Å². The van der Waals surface area contributed by atoms with Gasteiger partial charge in [0.15, 0.2) is 0 Å². The first-order valence-electron chi connectivity index (χ1n) is 12.7. The molecular formula is C27H32N4O6. The van der Waals surface area contributed by atoms with Gasteiger partial charge in [0, 0.05) is 37.5 Å². The molecule has 2 fully saturated rings. The second-order valence-electron chi connectivity index (χ2n) is 10.1. The van der Waals surface area contributed by atoms with Crippen molar-refractivity contribution in [2.24, 2.45) is 5.92 Å². The number of carboxylic acid groups (broad SMARTS) is 1. The third-order valence-corrected chi connectivity index (χ3v) is 7.58. The van der Waals surface area contributed by atoms with Crippen molar-refractivity contribution < 1.29 is 29.0 Å². The molecule has 0 unspecified atom stereocenters. The number of aromatic nitrogens is 1. The number of rotatable bonds is 4. The van der Waals surface area contributed by atoms with Crippen LogP contribution in [0, 0.1) is 5.92 Å². The minimum Gasteiger partial charge on any atom is -0.497 e. The van der Waals surface area contributed by atoms with Crippen molar-refractivity contribution in [3.8, 4) is 11.6 Å². The van der Waals surface area contributed by atoms with Crippen LogP contribution in [0.2, 0.25) is 0 Å². The van der Waals surface area contributed by atoms with E-state index in [0.29, 0.717) is 24.6 Å². The largest absolute Gasteiger partial charge is 0.497 e. The Balaban J connectivity index is 1.41. The number of aliphatic carboxylic acids is 1. The van der Waals surface area contributed by atoms with Crippen LogP contribution >= 0.6 is 0 Å². The van der Waals surface area contributed by atoms with Gasteiger partial charge in [-0.05, 0) is 55.3 Å². The Morgan fingerprint density at radius 3 is 2.86 bits per heavy atom. The van der Waals surface area contributed by atoms with Crippen molar-refractivity contribution in [2.45, 2.75) is 49.8 Å². The highest BCUT2D eigenvalue weighted by Gasteiger charge is 2.61. The van der Waals surface area contributed by atoms with E-state index in [2.05, 4.69) is 10.3 Å². The van der Waals surface area contributed by atoms with Crippen LogP contribution in [-0.4, -0.2) is 82.7 Å². The van der Waals surface area contributed by atoms with Gasteiger partial charge in [0.25, 0.3) is 0 Å². The number of pyridine rings is 1. The third-order valence-electron chi connectivity index (χ3n) is 7.58. The first kappa shape index (κ1) is 24.9. The molecule has 37 heavy (non-hydrogen) atoms. The zero-order valence-electron chi connectivity index (χ0n) is 21.1. The maximum atomic E-state index is 13.4. The summed E-state index contributed by atoms with van der Waals surface area (Å²) in [6, 6.07) is 6.32. The lowest BCUT2D eigenvalue weighted by molar-refractivity contribution is -0.144. The smallest absolute Gasteiger partial charge is 0.330 e. The molecular weight excluding hydrogens is 476 g/mol. The molecule has 2 aromatic rings. The highest BCUT2D eigenvalue weighted by molar-refractivity contribution is 5.94. The number of carbonyl (C=O) groups is 3. The fraction of sp³-hybridized carbons (Fsp3) is 0.481. The Hall–Kier alpha value is -3.82. The lowest BCUT2D eigenvalue weighted by atomic mass is 10.1. The second-order valence-corrected chi connectivity index (χ2v) is 10.1. The summed E-state index contributed by atoms with van der Waals surface area (Å²) in [5.74, 6) is -0.662. The first-order chi connectivity index (χ1) is 17.8. The SMILES string of the molecule is COc1ccc2c(O[C@@H]3C[C@H]4C(=O)N[C@]5(C(=O)O)C[C@H]5/C=C\CCCCN(C)C(=O)N4C3)nccc2c1. The van der Waals surface area contributed by atoms with E-state index in [1.54, 1.807) is 25.3 Å². The molecule has 0 bridgehead atoms. The maximum Gasteiger partial charge on any atom is 0.330 e. The molecule has 196 valence electrons. The highest BCUT2D eigenvalue weighted by Crippen LogP contribution is 2.45. The standard InChI is InChI=1S/C27H32N4O6/c1-30-12-6-4-3-5-7-18-15-27(18,25(33)34)29-23(32)22-14-20(16-31(22)26(30)35)37-24-21-9-8-19(36-2)13-17(21)10-11-28-24/h5,7-11,13,18,20,22H,3-4,6,12,14-16H2,1-2H3,(H,29,32)(H,33,34)/b7-5-/t18-,20-,22+,27-/m1/s1. The molecule has 1 aromatic carbocycles. The van der Waals surface area contributed by atoms with Gasteiger partial charge < -0.3 is 29.7 Å². The number of nitrogens with zero attached hydrogens (tertiary/aromatic N) is 3. The summed E-state index contributed by atoms with van der Waals surface area (Å²) >= 11 is 0. The molecule has 1 saturated carbocycles. The highest BCUT2D eigenvalue weighted by atomic mass is 16.5. The number of hydrogen-bond donors (Lipinski definition) is 2. The fourth-order valence-corrected chi connectivity index (χ4v) is 5.30. The Morgan fingerprint density at radius 2 is 2.08 bits per heavy atom. The van der Waals surface area contributed by atoms with Crippen LogP contribution in [-0.2, 0) is 9.59 Å².